The lowest BCUT2D eigenvalue weighted by Crippen LogP contribution is -2.25. The Morgan fingerprint density at radius 2 is 2.23 bits per heavy atom. The molecular weight excluding hydrogens is 292 g/mol. The Morgan fingerprint density at radius 3 is 2.95 bits per heavy atom. The number of aryl methyl sites for hydroxylation is 1. The highest BCUT2D eigenvalue weighted by atomic mass is 32.1. The molecule has 1 N–H and O–H groups in total. The molecule has 2 aromatic heterocycles. The van der Waals surface area contributed by atoms with Crippen LogP contribution in [0.3, 0.4) is 0 Å². The van der Waals surface area contributed by atoms with E-state index in [1.54, 1.807) is 23.7 Å². The van der Waals surface area contributed by atoms with E-state index in [0.717, 1.165) is 29.2 Å². The van der Waals surface area contributed by atoms with E-state index in [9.17, 15) is 4.79 Å². The number of aromatic nitrogens is 1. The first-order valence-electron chi connectivity index (χ1n) is 7.99. The summed E-state index contributed by atoms with van der Waals surface area (Å²) >= 11 is 1.67. The molecular formula is C18H22N2OS. The van der Waals surface area contributed by atoms with E-state index in [1.165, 1.54) is 23.3 Å². The predicted molar refractivity (Wildman–Crippen MR) is 90.2 cm³/mol. The van der Waals surface area contributed by atoms with Crippen LogP contribution in [0.1, 0.15) is 58.4 Å². The quantitative estimate of drug-likeness (QED) is 0.921. The molecule has 2 heterocycles. The summed E-state index contributed by atoms with van der Waals surface area (Å²) in [5, 5.41) is 3.09. The normalized spacial score (nSPS) is 18.5. The molecule has 0 fully saturated rings. The number of amides is 1. The van der Waals surface area contributed by atoms with Gasteiger partial charge in [-0.2, -0.15) is 0 Å². The number of nitrogens with zero attached hydrogens (tertiary/aromatic N) is 1. The Kier molecular flexibility index (Phi) is 4.57. The van der Waals surface area contributed by atoms with E-state index in [4.69, 9.17) is 0 Å². The van der Waals surface area contributed by atoms with E-state index in [-0.39, 0.29) is 11.9 Å². The third-order valence-electron chi connectivity index (χ3n) is 4.54. The molecule has 0 aromatic carbocycles. The summed E-state index contributed by atoms with van der Waals surface area (Å²) in [7, 11) is 0. The zero-order valence-corrected chi connectivity index (χ0v) is 14.0. The minimum atomic E-state index is -0.00183. The summed E-state index contributed by atoms with van der Waals surface area (Å²) in [5.74, 6) is 0.825. The number of carbonyl (C=O) groups is 1. The van der Waals surface area contributed by atoms with Crippen LogP contribution < -0.4 is 5.32 Å². The molecule has 0 bridgehead atoms. The third-order valence-corrected chi connectivity index (χ3v) is 5.78. The molecule has 2 aromatic rings. The van der Waals surface area contributed by atoms with Crippen molar-refractivity contribution in [2.75, 3.05) is 0 Å². The Labute approximate surface area is 135 Å². The van der Waals surface area contributed by atoms with E-state index >= 15 is 0 Å². The van der Waals surface area contributed by atoms with Gasteiger partial charge in [-0.3, -0.25) is 9.78 Å². The molecule has 116 valence electrons. The van der Waals surface area contributed by atoms with Crippen molar-refractivity contribution in [1.82, 2.24) is 10.3 Å². The SMILES string of the molecule is CC[C@H]1CCc2sc(C(=O)N[C@H](C)c3ccncc3)cc2C1. The molecule has 2 atom stereocenters. The van der Waals surface area contributed by atoms with Gasteiger partial charge < -0.3 is 5.32 Å². The molecule has 3 nitrogen and oxygen atoms in total. The maximum absolute atomic E-state index is 12.5. The second-order valence-corrected chi connectivity index (χ2v) is 7.19. The minimum absolute atomic E-state index is 0.00183. The van der Waals surface area contributed by atoms with E-state index < -0.39 is 0 Å². The summed E-state index contributed by atoms with van der Waals surface area (Å²) in [6, 6.07) is 5.99. The van der Waals surface area contributed by atoms with Crippen molar-refractivity contribution in [3.63, 3.8) is 0 Å². The summed E-state index contributed by atoms with van der Waals surface area (Å²) in [6.07, 6.45) is 8.27. The maximum atomic E-state index is 12.5. The smallest absolute Gasteiger partial charge is 0.261 e. The fourth-order valence-electron chi connectivity index (χ4n) is 3.06. The highest BCUT2D eigenvalue weighted by molar-refractivity contribution is 7.14. The van der Waals surface area contributed by atoms with Gasteiger partial charge in [0.15, 0.2) is 0 Å². The number of thiophene rings is 1. The van der Waals surface area contributed by atoms with Crippen LogP contribution in [0.4, 0.5) is 0 Å². The lowest BCUT2D eigenvalue weighted by atomic mass is 9.87. The van der Waals surface area contributed by atoms with Crippen molar-refractivity contribution >= 4 is 17.2 Å². The van der Waals surface area contributed by atoms with E-state index in [2.05, 4.69) is 23.3 Å². The molecule has 4 heteroatoms. The summed E-state index contributed by atoms with van der Waals surface area (Å²) in [6.45, 7) is 4.26. The van der Waals surface area contributed by atoms with Crippen LogP contribution in [0.5, 0.6) is 0 Å². The fourth-order valence-corrected chi connectivity index (χ4v) is 4.17. The molecule has 3 rings (SSSR count). The monoisotopic (exact) mass is 314 g/mol. The first-order chi connectivity index (χ1) is 10.7. The molecule has 0 spiro atoms. The molecule has 0 unspecified atom stereocenters. The Balaban J connectivity index is 1.70. The first-order valence-corrected chi connectivity index (χ1v) is 8.81. The summed E-state index contributed by atoms with van der Waals surface area (Å²) in [4.78, 5) is 18.8. The van der Waals surface area contributed by atoms with Crippen molar-refractivity contribution < 1.29 is 4.79 Å². The molecule has 0 radical (unpaired) electrons. The van der Waals surface area contributed by atoms with Crippen LogP contribution >= 0.6 is 11.3 Å². The van der Waals surface area contributed by atoms with Crippen molar-refractivity contribution in [3.8, 4) is 0 Å². The van der Waals surface area contributed by atoms with Gasteiger partial charge in [0, 0.05) is 17.3 Å². The number of nitrogens with one attached hydrogen (secondary N) is 1. The van der Waals surface area contributed by atoms with Gasteiger partial charge >= 0.3 is 0 Å². The summed E-state index contributed by atoms with van der Waals surface area (Å²) in [5.41, 5.74) is 2.47. The van der Waals surface area contributed by atoms with Crippen molar-refractivity contribution in [2.45, 2.75) is 45.6 Å². The number of pyridine rings is 1. The molecule has 0 aliphatic heterocycles. The second-order valence-electron chi connectivity index (χ2n) is 6.05. The average molecular weight is 314 g/mol. The van der Waals surface area contributed by atoms with Crippen LogP contribution in [-0.2, 0) is 12.8 Å². The van der Waals surface area contributed by atoms with Crippen LogP contribution in [0.25, 0.3) is 0 Å². The maximum Gasteiger partial charge on any atom is 0.261 e. The third kappa shape index (κ3) is 3.22. The zero-order valence-electron chi connectivity index (χ0n) is 13.1. The molecule has 1 amide bonds. The van der Waals surface area contributed by atoms with Crippen molar-refractivity contribution in [3.05, 3.63) is 51.5 Å². The lowest BCUT2D eigenvalue weighted by Gasteiger charge is -2.19. The zero-order chi connectivity index (χ0) is 15.5. The molecule has 1 aliphatic rings. The number of fused-ring (bicyclic) bond motifs is 1. The first kappa shape index (κ1) is 15.2. The summed E-state index contributed by atoms with van der Waals surface area (Å²) < 4.78 is 0. The number of hydrogen-bond donors (Lipinski definition) is 1. The number of rotatable bonds is 4. The van der Waals surface area contributed by atoms with Gasteiger partial charge in [0.05, 0.1) is 10.9 Å². The van der Waals surface area contributed by atoms with Gasteiger partial charge in [0.1, 0.15) is 0 Å². The van der Waals surface area contributed by atoms with Gasteiger partial charge in [-0.25, -0.2) is 0 Å². The predicted octanol–water partition coefficient (Wildman–Crippen LogP) is 4.15. The fraction of sp³-hybridized carbons (Fsp3) is 0.444. The van der Waals surface area contributed by atoms with Crippen LogP contribution in [0.15, 0.2) is 30.6 Å². The lowest BCUT2D eigenvalue weighted by molar-refractivity contribution is 0.0944. The second kappa shape index (κ2) is 6.61. The number of carbonyl (C=O) groups excluding carboxylic acids is 1. The van der Waals surface area contributed by atoms with Gasteiger partial charge in [0.25, 0.3) is 5.91 Å². The largest absolute Gasteiger partial charge is 0.345 e. The highest BCUT2D eigenvalue weighted by Crippen LogP contribution is 2.33. The van der Waals surface area contributed by atoms with Crippen LogP contribution in [0.2, 0.25) is 0 Å². The standard InChI is InChI=1S/C18H22N2OS/c1-3-13-4-5-16-15(10-13)11-17(22-16)18(21)20-12(2)14-6-8-19-9-7-14/h6-9,11-13H,3-5,10H2,1-2H3,(H,20,21)/t12-,13+/m1/s1. The van der Waals surface area contributed by atoms with Crippen molar-refractivity contribution in [1.29, 1.82) is 0 Å². The topological polar surface area (TPSA) is 42.0 Å². The Hall–Kier alpha value is -1.68. The van der Waals surface area contributed by atoms with E-state index in [0.29, 0.717) is 0 Å². The van der Waals surface area contributed by atoms with Crippen LogP contribution in [0, 0.1) is 5.92 Å². The van der Waals surface area contributed by atoms with Crippen molar-refractivity contribution in [2.24, 2.45) is 5.92 Å². The van der Waals surface area contributed by atoms with Gasteiger partial charge in [-0.05, 0) is 61.4 Å². The molecule has 22 heavy (non-hydrogen) atoms. The highest BCUT2D eigenvalue weighted by Gasteiger charge is 2.22. The molecule has 0 saturated carbocycles. The Morgan fingerprint density at radius 1 is 1.45 bits per heavy atom. The number of hydrogen-bond acceptors (Lipinski definition) is 3. The Bertz CT molecular complexity index is 650. The van der Waals surface area contributed by atoms with Gasteiger partial charge in [-0.15, -0.1) is 11.3 Å². The minimum Gasteiger partial charge on any atom is -0.345 e. The van der Waals surface area contributed by atoms with Crippen LogP contribution in [-0.4, -0.2) is 10.9 Å². The average Bonchev–Trinajstić information content (AvgIpc) is 2.98. The molecule has 0 saturated heterocycles. The van der Waals surface area contributed by atoms with Gasteiger partial charge in [0.2, 0.25) is 0 Å². The molecule has 1 aliphatic carbocycles. The van der Waals surface area contributed by atoms with Gasteiger partial charge in [-0.1, -0.05) is 13.3 Å². The van der Waals surface area contributed by atoms with E-state index in [1.807, 2.05) is 19.1 Å².